The highest BCUT2D eigenvalue weighted by Crippen LogP contribution is 2.19. The van der Waals surface area contributed by atoms with Gasteiger partial charge in [0.1, 0.15) is 5.82 Å². The number of carboxylic acid groups (broad SMARTS) is 1. The van der Waals surface area contributed by atoms with Gasteiger partial charge < -0.3 is 10.0 Å². The number of rotatable bonds is 2. The number of carbonyl (C=O) groups is 1. The van der Waals surface area contributed by atoms with E-state index in [4.69, 9.17) is 5.11 Å². The number of carboxylic acids is 1. The highest BCUT2D eigenvalue weighted by atomic mass is 16.4. The standard InChI is InChI=1S/C9H9N3O2/c1-6-4-12(5-6)8-3-10-7(2-11-8)9(13)14/h2-3H,1,4-5H2,(H,13,14). The minimum atomic E-state index is -1.06. The first-order valence-electron chi connectivity index (χ1n) is 4.14. The van der Waals surface area contributed by atoms with Crippen molar-refractivity contribution >= 4 is 11.8 Å². The first-order chi connectivity index (χ1) is 6.66. The van der Waals surface area contributed by atoms with E-state index < -0.39 is 5.97 Å². The first kappa shape index (κ1) is 8.68. The normalized spacial score (nSPS) is 15.1. The molecule has 1 aliphatic heterocycles. The Kier molecular flexibility index (Phi) is 1.92. The Balaban J connectivity index is 2.14. The van der Waals surface area contributed by atoms with Crippen molar-refractivity contribution in [1.29, 1.82) is 0 Å². The Morgan fingerprint density at radius 1 is 1.43 bits per heavy atom. The third-order valence-electron chi connectivity index (χ3n) is 2.01. The van der Waals surface area contributed by atoms with Crippen LogP contribution in [0.4, 0.5) is 5.82 Å². The fourth-order valence-electron chi connectivity index (χ4n) is 1.25. The van der Waals surface area contributed by atoms with Crippen LogP contribution in [0.5, 0.6) is 0 Å². The molecule has 1 aliphatic rings. The zero-order chi connectivity index (χ0) is 10.1. The second-order valence-electron chi connectivity index (χ2n) is 3.17. The molecule has 0 atom stereocenters. The minimum Gasteiger partial charge on any atom is -0.476 e. The van der Waals surface area contributed by atoms with Crippen LogP contribution in [0.3, 0.4) is 0 Å². The summed E-state index contributed by atoms with van der Waals surface area (Å²) >= 11 is 0. The van der Waals surface area contributed by atoms with Gasteiger partial charge in [-0.25, -0.2) is 14.8 Å². The predicted molar refractivity (Wildman–Crippen MR) is 50.3 cm³/mol. The Morgan fingerprint density at radius 3 is 2.57 bits per heavy atom. The van der Waals surface area contributed by atoms with Crippen molar-refractivity contribution < 1.29 is 9.90 Å². The molecule has 1 aromatic rings. The van der Waals surface area contributed by atoms with Gasteiger partial charge in [0.2, 0.25) is 0 Å². The van der Waals surface area contributed by atoms with E-state index in [0.717, 1.165) is 18.7 Å². The summed E-state index contributed by atoms with van der Waals surface area (Å²) in [6.07, 6.45) is 2.73. The lowest BCUT2D eigenvalue weighted by Gasteiger charge is -2.33. The van der Waals surface area contributed by atoms with Crippen molar-refractivity contribution in [1.82, 2.24) is 9.97 Å². The molecule has 5 nitrogen and oxygen atoms in total. The van der Waals surface area contributed by atoms with Gasteiger partial charge >= 0.3 is 5.97 Å². The van der Waals surface area contributed by atoms with Crippen LogP contribution in [0.15, 0.2) is 24.5 Å². The van der Waals surface area contributed by atoms with E-state index >= 15 is 0 Å². The van der Waals surface area contributed by atoms with Crippen LogP contribution in [0, 0.1) is 0 Å². The lowest BCUT2D eigenvalue weighted by molar-refractivity contribution is 0.0690. The zero-order valence-electron chi connectivity index (χ0n) is 7.47. The van der Waals surface area contributed by atoms with Crippen molar-refractivity contribution in [2.75, 3.05) is 18.0 Å². The van der Waals surface area contributed by atoms with Crippen LogP contribution < -0.4 is 4.90 Å². The van der Waals surface area contributed by atoms with Crippen molar-refractivity contribution in [3.63, 3.8) is 0 Å². The van der Waals surface area contributed by atoms with Gasteiger partial charge in [0, 0.05) is 13.1 Å². The van der Waals surface area contributed by atoms with Crippen LogP contribution in [-0.4, -0.2) is 34.1 Å². The third kappa shape index (κ3) is 1.44. The van der Waals surface area contributed by atoms with E-state index in [-0.39, 0.29) is 5.69 Å². The minimum absolute atomic E-state index is 0.0342. The number of hydrogen-bond acceptors (Lipinski definition) is 4. The highest BCUT2D eigenvalue weighted by molar-refractivity contribution is 5.84. The summed E-state index contributed by atoms with van der Waals surface area (Å²) < 4.78 is 0. The summed E-state index contributed by atoms with van der Waals surface area (Å²) in [7, 11) is 0. The zero-order valence-corrected chi connectivity index (χ0v) is 7.47. The molecule has 0 amide bonds. The van der Waals surface area contributed by atoms with Gasteiger partial charge in [-0.3, -0.25) is 0 Å². The highest BCUT2D eigenvalue weighted by Gasteiger charge is 2.19. The molecule has 0 spiro atoms. The van der Waals surface area contributed by atoms with E-state index in [9.17, 15) is 4.79 Å². The van der Waals surface area contributed by atoms with Crippen LogP contribution in [0.1, 0.15) is 10.5 Å². The molecule has 0 aliphatic carbocycles. The predicted octanol–water partition coefficient (Wildman–Crippen LogP) is 0.551. The molecule has 14 heavy (non-hydrogen) atoms. The lowest BCUT2D eigenvalue weighted by atomic mass is 10.1. The number of aromatic carboxylic acids is 1. The summed E-state index contributed by atoms with van der Waals surface area (Å²) in [5, 5.41) is 8.60. The van der Waals surface area contributed by atoms with Gasteiger partial charge in [0.25, 0.3) is 0 Å². The Morgan fingerprint density at radius 2 is 2.14 bits per heavy atom. The molecular weight excluding hydrogens is 182 g/mol. The molecule has 0 unspecified atom stereocenters. The summed E-state index contributed by atoms with van der Waals surface area (Å²) in [5.74, 6) is -0.362. The monoisotopic (exact) mass is 191 g/mol. The average molecular weight is 191 g/mol. The summed E-state index contributed by atoms with van der Waals surface area (Å²) in [6.45, 7) is 5.36. The van der Waals surface area contributed by atoms with Crippen molar-refractivity contribution in [3.05, 3.63) is 30.2 Å². The van der Waals surface area contributed by atoms with E-state index in [1.165, 1.54) is 12.4 Å². The topological polar surface area (TPSA) is 66.3 Å². The molecule has 1 N–H and O–H groups in total. The molecule has 2 rings (SSSR count). The van der Waals surface area contributed by atoms with Gasteiger partial charge in [-0.2, -0.15) is 0 Å². The molecule has 1 fully saturated rings. The van der Waals surface area contributed by atoms with Crippen LogP contribution in [0.2, 0.25) is 0 Å². The van der Waals surface area contributed by atoms with E-state index in [1.54, 1.807) is 0 Å². The van der Waals surface area contributed by atoms with Gasteiger partial charge in [-0.1, -0.05) is 6.58 Å². The lowest BCUT2D eigenvalue weighted by Crippen LogP contribution is -2.40. The average Bonchev–Trinajstić information content (AvgIpc) is 2.13. The molecule has 0 bridgehead atoms. The molecule has 2 heterocycles. The molecular formula is C9H9N3O2. The maximum Gasteiger partial charge on any atom is 0.356 e. The molecule has 0 radical (unpaired) electrons. The maximum atomic E-state index is 10.5. The summed E-state index contributed by atoms with van der Waals surface area (Å²) in [6, 6.07) is 0. The van der Waals surface area contributed by atoms with Crippen LogP contribution >= 0.6 is 0 Å². The second-order valence-corrected chi connectivity index (χ2v) is 3.17. The first-order valence-corrected chi connectivity index (χ1v) is 4.14. The molecule has 1 aromatic heterocycles. The summed E-state index contributed by atoms with van der Waals surface area (Å²) in [5.41, 5.74) is 1.11. The van der Waals surface area contributed by atoms with Gasteiger partial charge in [-0.05, 0) is 5.57 Å². The molecule has 5 heteroatoms. The van der Waals surface area contributed by atoms with E-state index in [0.29, 0.717) is 5.82 Å². The Labute approximate surface area is 80.7 Å². The van der Waals surface area contributed by atoms with Crippen LogP contribution in [0.25, 0.3) is 0 Å². The molecule has 0 saturated carbocycles. The second kappa shape index (κ2) is 3.10. The Hall–Kier alpha value is -1.91. The number of aromatic nitrogens is 2. The molecule has 0 aromatic carbocycles. The third-order valence-corrected chi connectivity index (χ3v) is 2.01. The fourth-order valence-corrected chi connectivity index (χ4v) is 1.25. The summed E-state index contributed by atoms with van der Waals surface area (Å²) in [4.78, 5) is 20.2. The molecule has 1 saturated heterocycles. The number of nitrogens with zero attached hydrogens (tertiary/aromatic N) is 3. The van der Waals surface area contributed by atoms with Gasteiger partial charge in [0.15, 0.2) is 5.69 Å². The van der Waals surface area contributed by atoms with E-state index in [1.807, 2.05) is 4.90 Å². The van der Waals surface area contributed by atoms with Crippen LogP contribution in [-0.2, 0) is 0 Å². The number of hydrogen-bond donors (Lipinski definition) is 1. The fraction of sp³-hybridized carbons (Fsp3) is 0.222. The van der Waals surface area contributed by atoms with E-state index in [2.05, 4.69) is 16.5 Å². The number of anilines is 1. The van der Waals surface area contributed by atoms with Gasteiger partial charge in [-0.15, -0.1) is 0 Å². The Bertz CT molecular complexity index is 378. The van der Waals surface area contributed by atoms with Crippen molar-refractivity contribution in [3.8, 4) is 0 Å². The van der Waals surface area contributed by atoms with Crippen molar-refractivity contribution in [2.45, 2.75) is 0 Å². The largest absolute Gasteiger partial charge is 0.476 e. The maximum absolute atomic E-state index is 10.5. The van der Waals surface area contributed by atoms with Gasteiger partial charge in [0.05, 0.1) is 12.4 Å². The quantitative estimate of drug-likeness (QED) is 0.691. The SMILES string of the molecule is C=C1CN(c2cnc(C(=O)O)cn2)C1. The van der Waals surface area contributed by atoms with Crippen molar-refractivity contribution in [2.24, 2.45) is 0 Å². The smallest absolute Gasteiger partial charge is 0.356 e. The molecule has 72 valence electrons.